The Morgan fingerprint density at radius 2 is 1.92 bits per heavy atom. The molecule has 1 atom stereocenters. The maximum Gasteiger partial charge on any atom is 0.261 e. The zero-order valence-electron chi connectivity index (χ0n) is 16.2. The van der Waals surface area contributed by atoms with Crippen molar-refractivity contribution in [2.75, 3.05) is 7.11 Å². The summed E-state index contributed by atoms with van der Waals surface area (Å²) in [6.07, 6.45) is 5.44. The van der Waals surface area contributed by atoms with Crippen LogP contribution in [0.4, 0.5) is 0 Å². The lowest BCUT2D eigenvalue weighted by atomic mass is 9.91. The Morgan fingerprint density at radius 1 is 1.15 bits per heavy atom. The van der Waals surface area contributed by atoms with Gasteiger partial charge in [0, 0.05) is 10.9 Å². The fourth-order valence-electron chi connectivity index (χ4n) is 3.53. The highest BCUT2D eigenvalue weighted by atomic mass is 32.1. The Labute approximate surface area is 160 Å². The number of fused-ring (bicyclic) bond motifs is 3. The lowest BCUT2D eigenvalue weighted by molar-refractivity contribution is 0.0942. The molecular weight excluding hydrogens is 342 g/mol. The number of thiophene rings is 1. The van der Waals surface area contributed by atoms with Crippen LogP contribution >= 0.6 is 11.3 Å². The Kier molecular flexibility index (Phi) is 6.02. The average molecular weight is 372 g/mol. The smallest absolute Gasteiger partial charge is 0.261 e. The maximum atomic E-state index is 12.7. The molecule has 140 valence electrons. The van der Waals surface area contributed by atoms with Crippen molar-refractivity contribution in [2.45, 2.75) is 58.9 Å². The first-order chi connectivity index (χ1) is 12.5. The summed E-state index contributed by atoms with van der Waals surface area (Å²) < 4.78 is 5.38. The molecule has 0 fully saturated rings. The van der Waals surface area contributed by atoms with Crippen molar-refractivity contribution >= 4 is 17.2 Å². The number of nitrogens with one attached hydrogen (secondary N) is 1. The summed E-state index contributed by atoms with van der Waals surface area (Å²) in [6, 6.07) is 8.56. The van der Waals surface area contributed by atoms with Gasteiger partial charge in [0.15, 0.2) is 0 Å². The normalized spacial score (nSPS) is 13.9. The third kappa shape index (κ3) is 4.29. The molecule has 0 spiro atoms. The van der Waals surface area contributed by atoms with Gasteiger partial charge in [-0.2, -0.15) is 0 Å². The van der Waals surface area contributed by atoms with E-state index in [2.05, 4.69) is 44.3 Å². The topological polar surface area (TPSA) is 38.3 Å². The van der Waals surface area contributed by atoms with Gasteiger partial charge in [-0.05, 0) is 67.0 Å². The van der Waals surface area contributed by atoms with Crippen LogP contribution in [-0.4, -0.2) is 19.1 Å². The summed E-state index contributed by atoms with van der Waals surface area (Å²) in [6.45, 7) is 6.59. The highest BCUT2D eigenvalue weighted by Crippen LogP contribution is 2.41. The van der Waals surface area contributed by atoms with Gasteiger partial charge in [0.1, 0.15) is 5.75 Å². The number of amides is 1. The third-order valence-corrected chi connectivity index (χ3v) is 6.26. The van der Waals surface area contributed by atoms with Crippen molar-refractivity contribution in [1.29, 1.82) is 0 Å². The fourth-order valence-corrected chi connectivity index (χ4v) is 4.70. The Bertz CT molecular complexity index is 778. The molecule has 1 aromatic heterocycles. The molecule has 3 rings (SSSR count). The van der Waals surface area contributed by atoms with Crippen LogP contribution in [0.25, 0.3) is 10.4 Å². The molecule has 0 saturated carbocycles. The first-order valence-corrected chi connectivity index (χ1v) is 10.4. The first kappa shape index (κ1) is 19.0. The lowest BCUT2D eigenvalue weighted by Gasteiger charge is -2.16. The summed E-state index contributed by atoms with van der Waals surface area (Å²) in [4.78, 5) is 14.7. The number of rotatable bonds is 7. The van der Waals surface area contributed by atoms with E-state index in [4.69, 9.17) is 4.74 Å². The van der Waals surface area contributed by atoms with Gasteiger partial charge < -0.3 is 10.1 Å². The van der Waals surface area contributed by atoms with Crippen molar-refractivity contribution < 1.29 is 9.53 Å². The SMILES string of the molecule is COc1ccc2c(c1)-c1sc(C(=O)N[C@@H](C)CCCC(C)C)cc1CC2. The minimum atomic E-state index is 0.0610. The Balaban J connectivity index is 1.71. The molecular formula is C22H29NO2S. The number of benzene rings is 1. The molecule has 1 aliphatic carbocycles. The zero-order chi connectivity index (χ0) is 18.7. The van der Waals surface area contributed by atoms with Gasteiger partial charge in [-0.15, -0.1) is 11.3 Å². The molecule has 1 N–H and O–H groups in total. The minimum absolute atomic E-state index is 0.0610. The summed E-state index contributed by atoms with van der Waals surface area (Å²) in [7, 11) is 1.69. The molecule has 0 aliphatic heterocycles. The van der Waals surface area contributed by atoms with Crippen LogP contribution in [0.3, 0.4) is 0 Å². The van der Waals surface area contributed by atoms with Crippen LogP contribution in [-0.2, 0) is 12.8 Å². The predicted molar refractivity (Wildman–Crippen MR) is 109 cm³/mol. The third-order valence-electron chi connectivity index (χ3n) is 5.05. The maximum absolute atomic E-state index is 12.7. The van der Waals surface area contributed by atoms with Crippen molar-refractivity contribution in [2.24, 2.45) is 5.92 Å². The summed E-state index contributed by atoms with van der Waals surface area (Å²) in [5.41, 5.74) is 3.85. The van der Waals surface area contributed by atoms with Gasteiger partial charge in [0.05, 0.1) is 12.0 Å². The molecule has 1 amide bonds. The van der Waals surface area contributed by atoms with E-state index in [9.17, 15) is 4.79 Å². The van der Waals surface area contributed by atoms with Gasteiger partial charge in [0.25, 0.3) is 5.91 Å². The van der Waals surface area contributed by atoms with Gasteiger partial charge in [-0.3, -0.25) is 4.79 Å². The van der Waals surface area contributed by atoms with E-state index in [0.29, 0.717) is 0 Å². The molecule has 26 heavy (non-hydrogen) atoms. The standard InChI is InChI=1S/C22H29NO2S/c1-14(2)6-5-7-15(3)23-22(24)20-12-17-9-8-16-10-11-18(25-4)13-19(16)21(17)26-20/h10-15H,5-9H2,1-4H3,(H,23,24)/t15-/m0/s1. The molecule has 1 aromatic carbocycles. The molecule has 1 heterocycles. The van der Waals surface area contributed by atoms with Gasteiger partial charge >= 0.3 is 0 Å². The number of ether oxygens (including phenoxy) is 1. The molecule has 0 saturated heterocycles. The zero-order valence-corrected chi connectivity index (χ0v) is 17.0. The van der Waals surface area contributed by atoms with Gasteiger partial charge in [-0.1, -0.05) is 32.8 Å². The van der Waals surface area contributed by atoms with Crippen LogP contribution in [0.15, 0.2) is 24.3 Å². The van der Waals surface area contributed by atoms with Crippen LogP contribution in [0.5, 0.6) is 5.75 Å². The highest BCUT2D eigenvalue weighted by Gasteiger charge is 2.22. The van der Waals surface area contributed by atoms with E-state index in [1.165, 1.54) is 28.0 Å². The van der Waals surface area contributed by atoms with Crippen molar-refractivity contribution in [3.05, 3.63) is 40.3 Å². The van der Waals surface area contributed by atoms with Crippen LogP contribution in [0.1, 0.15) is 60.8 Å². The Hall–Kier alpha value is -1.81. The molecule has 4 heteroatoms. The molecule has 2 aromatic rings. The van der Waals surface area contributed by atoms with Crippen molar-refractivity contribution in [1.82, 2.24) is 5.32 Å². The minimum Gasteiger partial charge on any atom is -0.497 e. The monoisotopic (exact) mass is 371 g/mol. The summed E-state index contributed by atoms with van der Waals surface area (Å²) in [5, 5.41) is 3.17. The molecule has 0 unspecified atom stereocenters. The fraction of sp³-hybridized carbons (Fsp3) is 0.500. The van der Waals surface area contributed by atoms with E-state index in [0.717, 1.165) is 42.2 Å². The first-order valence-electron chi connectivity index (χ1n) is 9.58. The summed E-state index contributed by atoms with van der Waals surface area (Å²) >= 11 is 1.61. The lowest BCUT2D eigenvalue weighted by Crippen LogP contribution is -2.32. The highest BCUT2D eigenvalue weighted by molar-refractivity contribution is 7.17. The number of carbonyl (C=O) groups excluding carboxylic acids is 1. The molecule has 3 nitrogen and oxygen atoms in total. The molecule has 0 radical (unpaired) electrons. The number of hydrogen-bond acceptors (Lipinski definition) is 3. The van der Waals surface area contributed by atoms with Crippen molar-refractivity contribution in [3.63, 3.8) is 0 Å². The largest absolute Gasteiger partial charge is 0.497 e. The predicted octanol–water partition coefficient (Wildman–Crippen LogP) is 5.47. The second kappa shape index (κ2) is 8.26. The van der Waals surface area contributed by atoms with Gasteiger partial charge in [0.2, 0.25) is 0 Å². The number of aryl methyl sites for hydroxylation is 2. The second-order valence-electron chi connectivity index (χ2n) is 7.69. The number of carbonyl (C=O) groups is 1. The van der Waals surface area contributed by atoms with Crippen LogP contribution in [0, 0.1) is 5.92 Å². The quantitative estimate of drug-likeness (QED) is 0.701. The van der Waals surface area contributed by atoms with Crippen LogP contribution in [0.2, 0.25) is 0 Å². The molecule has 1 aliphatic rings. The van der Waals surface area contributed by atoms with Crippen molar-refractivity contribution in [3.8, 4) is 16.2 Å². The molecule has 0 bridgehead atoms. The average Bonchev–Trinajstić information content (AvgIpc) is 3.05. The van der Waals surface area contributed by atoms with E-state index in [1.54, 1.807) is 18.4 Å². The number of methoxy groups -OCH3 is 1. The van der Waals surface area contributed by atoms with E-state index >= 15 is 0 Å². The second-order valence-corrected chi connectivity index (χ2v) is 8.74. The van der Waals surface area contributed by atoms with E-state index in [-0.39, 0.29) is 11.9 Å². The van der Waals surface area contributed by atoms with E-state index in [1.807, 2.05) is 6.07 Å². The van der Waals surface area contributed by atoms with E-state index < -0.39 is 0 Å². The number of hydrogen-bond donors (Lipinski definition) is 1. The summed E-state index contributed by atoms with van der Waals surface area (Å²) in [5.74, 6) is 1.65. The Morgan fingerprint density at radius 3 is 2.65 bits per heavy atom. The van der Waals surface area contributed by atoms with Gasteiger partial charge in [-0.25, -0.2) is 0 Å². The van der Waals surface area contributed by atoms with Crippen LogP contribution < -0.4 is 10.1 Å².